The van der Waals surface area contributed by atoms with Crippen molar-refractivity contribution in [2.75, 3.05) is 13.1 Å². The Morgan fingerprint density at radius 1 is 1.50 bits per heavy atom. The van der Waals surface area contributed by atoms with Gasteiger partial charge in [0.2, 0.25) is 0 Å². The van der Waals surface area contributed by atoms with Crippen molar-refractivity contribution in [2.45, 2.75) is 20.0 Å². The third-order valence-corrected chi connectivity index (χ3v) is 2.90. The Kier molecular flexibility index (Phi) is 2.39. The fourth-order valence-electron chi connectivity index (χ4n) is 1.52. The van der Waals surface area contributed by atoms with Gasteiger partial charge in [-0.15, -0.1) is 0 Å². The van der Waals surface area contributed by atoms with Gasteiger partial charge in [0, 0.05) is 19.0 Å². The van der Waals surface area contributed by atoms with E-state index in [-0.39, 0.29) is 5.92 Å². The summed E-state index contributed by atoms with van der Waals surface area (Å²) >= 11 is 0. The lowest BCUT2D eigenvalue weighted by Gasteiger charge is -2.44. The summed E-state index contributed by atoms with van der Waals surface area (Å²) < 4.78 is 0. The molecule has 2 unspecified atom stereocenters. The van der Waals surface area contributed by atoms with Crippen LogP contribution in [0.25, 0.3) is 0 Å². The molecule has 1 fully saturated rings. The van der Waals surface area contributed by atoms with E-state index in [1.807, 2.05) is 0 Å². The molecule has 0 spiro atoms. The Labute approximate surface area is 71.6 Å². The zero-order chi connectivity index (χ0) is 9.35. The van der Waals surface area contributed by atoms with Crippen LogP contribution in [0, 0.1) is 11.3 Å². The topological polar surface area (TPSA) is 69.6 Å². The zero-order valence-corrected chi connectivity index (χ0v) is 7.37. The van der Waals surface area contributed by atoms with Gasteiger partial charge in [-0.3, -0.25) is 4.79 Å². The lowest BCUT2D eigenvalue weighted by Crippen LogP contribution is -2.63. The minimum absolute atomic E-state index is 0.198. The molecule has 0 aromatic carbocycles. The number of hydrogen-bond acceptors (Lipinski definition) is 3. The fourth-order valence-corrected chi connectivity index (χ4v) is 1.52. The van der Waals surface area contributed by atoms with E-state index in [1.165, 1.54) is 0 Å². The molecule has 70 valence electrons. The molecule has 0 aromatic heterocycles. The van der Waals surface area contributed by atoms with Crippen molar-refractivity contribution in [3.8, 4) is 0 Å². The first kappa shape index (κ1) is 9.48. The number of aliphatic hydroxyl groups excluding tert-OH is 1. The summed E-state index contributed by atoms with van der Waals surface area (Å²) in [6.45, 7) is 4.34. The highest BCUT2D eigenvalue weighted by atomic mass is 16.4. The number of hydrogen-bond donors (Lipinski definition) is 3. The molecule has 0 radical (unpaired) electrons. The first-order chi connectivity index (χ1) is 5.50. The smallest absolute Gasteiger partial charge is 0.312 e. The van der Waals surface area contributed by atoms with Crippen LogP contribution in [0.5, 0.6) is 0 Å². The van der Waals surface area contributed by atoms with Crippen LogP contribution in [0.15, 0.2) is 0 Å². The van der Waals surface area contributed by atoms with Gasteiger partial charge in [-0.25, -0.2) is 0 Å². The van der Waals surface area contributed by atoms with Crippen LogP contribution in [0.4, 0.5) is 0 Å². The summed E-state index contributed by atoms with van der Waals surface area (Å²) in [4.78, 5) is 10.9. The number of carbonyl (C=O) groups is 1. The van der Waals surface area contributed by atoms with Gasteiger partial charge in [0.05, 0.1) is 11.5 Å². The van der Waals surface area contributed by atoms with Gasteiger partial charge < -0.3 is 15.5 Å². The van der Waals surface area contributed by atoms with Crippen LogP contribution in [-0.2, 0) is 4.79 Å². The van der Waals surface area contributed by atoms with Crippen LogP contribution >= 0.6 is 0 Å². The Morgan fingerprint density at radius 3 is 2.08 bits per heavy atom. The summed E-state index contributed by atoms with van der Waals surface area (Å²) in [5, 5.41) is 21.2. The highest BCUT2D eigenvalue weighted by Gasteiger charge is 2.50. The maximum absolute atomic E-state index is 10.9. The monoisotopic (exact) mass is 173 g/mol. The van der Waals surface area contributed by atoms with Crippen molar-refractivity contribution in [1.82, 2.24) is 5.32 Å². The largest absolute Gasteiger partial charge is 0.481 e. The van der Waals surface area contributed by atoms with Gasteiger partial charge in [-0.05, 0) is 6.92 Å². The van der Waals surface area contributed by atoms with Crippen LogP contribution in [0.1, 0.15) is 13.8 Å². The second-order valence-electron chi connectivity index (χ2n) is 3.59. The molecule has 3 N–H and O–H groups in total. The molecule has 1 aliphatic heterocycles. The van der Waals surface area contributed by atoms with Crippen LogP contribution in [0.3, 0.4) is 0 Å². The molecule has 0 saturated carbocycles. The van der Waals surface area contributed by atoms with Crippen molar-refractivity contribution in [3.63, 3.8) is 0 Å². The number of aliphatic carboxylic acids is 1. The molecule has 0 amide bonds. The van der Waals surface area contributed by atoms with Crippen LogP contribution < -0.4 is 5.32 Å². The molecule has 1 heterocycles. The van der Waals surface area contributed by atoms with Gasteiger partial charge in [0.1, 0.15) is 0 Å². The summed E-state index contributed by atoms with van der Waals surface area (Å²) in [5.41, 5.74) is -0.742. The van der Waals surface area contributed by atoms with E-state index in [4.69, 9.17) is 5.11 Å². The summed E-state index contributed by atoms with van der Waals surface area (Å²) in [5.74, 6) is -1.01. The predicted octanol–water partition coefficient (Wildman–Crippen LogP) is -0.322. The molecule has 12 heavy (non-hydrogen) atoms. The van der Waals surface area contributed by atoms with Gasteiger partial charge in [0.15, 0.2) is 0 Å². The van der Waals surface area contributed by atoms with Gasteiger partial charge >= 0.3 is 5.97 Å². The van der Waals surface area contributed by atoms with E-state index < -0.39 is 17.5 Å². The highest BCUT2D eigenvalue weighted by Crippen LogP contribution is 2.34. The average molecular weight is 173 g/mol. The van der Waals surface area contributed by atoms with Crippen LogP contribution in [0.2, 0.25) is 0 Å². The minimum atomic E-state index is -0.811. The first-order valence-corrected chi connectivity index (χ1v) is 4.13. The van der Waals surface area contributed by atoms with Crippen molar-refractivity contribution in [1.29, 1.82) is 0 Å². The summed E-state index contributed by atoms with van der Waals surface area (Å²) in [6, 6.07) is 0. The molecule has 0 bridgehead atoms. The number of carboxylic acids is 1. The molecule has 4 nitrogen and oxygen atoms in total. The first-order valence-electron chi connectivity index (χ1n) is 4.13. The SMILES string of the molecule is CC(O)C(C)C1(C(=O)O)CNC1. The van der Waals surface area contributed by atoms with Gasteiger partial charge in [-0.2, -0.15) is 0 Å². The normalized spacial score (nSPS) is 25.6. The molecule has 0 aliphatic carbocycles. The fraction of sp³-hybridized carbons (Fsp3) is 0.875. The van der Waals surface area contributed by atoms with E-state index in [0.29, 0.717) is 13.1 Å². The van der Waals surface area contributed by atoms with E-state index in [2.05, 4.69) is 5.32 Å². The Morgan fingerprint density at radius 2 is 2.00 bits per heavy atom. The number of carboxylic acid groups (broad SMARTS) is 1. The third-order valence-electron chi connectivity index (χ3n) is 2.90. The number of rotatable bonds is 3. The van der Waals surface area contributed by atoms with E-state index >= 15 is 0 Å². The zero-order valence-electron chi connectivity index (χ0n) is 7.37. The average Bonchev–Trinajstić information content (AvgIpc) is 1.83. The number of nitrogens with one attached hydrogen (secondary N) is 1. The Bertz CT molecular complexity index is 187. The molecular weight excluding hydrogens is 158 g/mol. The van der Waals surface area contributed by atoms with Crippen molar-refractivity contribution in [2.24, 2.45) is 11.3 Å². The van der Waals surface area contributed by atoms with Gasteiger partial charge in [0.25, 0.3) is 0 Å². The lowest BCUT2D eigenvalue weighted by molar-refractivity contribution is -0.159. The van der Waals surface area contributed by atoms with Crippen molar-refractivity contribution >= 4 is 5.97 Å². The summed E-state index contributed by atoms with van der Waals surface area (Å²) in [7, 11) is 0. The molecule has 4 heteroatoms. The van der Waals surface area contributed by atoms with Crippen molar-refractivity contribution < 1.29 is 15.0 Å². The Hall–Kier alpha value is -0.610. The highest BCUT2D eigenvalue weighted by molar-refractivity contribution is 5.77. The van der Waals surface area contributed by atoms with Gasteiger partial charge in [-0.1, -0.05) is 6.92 Å². The van der Waals surface area contributed by atoms with Crippen molar-refractivity contribution in [3.05, 3.63) is 0 Å². The maximum Gasteiger partial charge on any atom is 0.312 e. The quantitative estimate of drug-likeness (QED) is 0.547. The van der Waals surface area contributed by atoms with E-state index in [0.717, 1.165) is 0 Å². The lowest BCUT2D eigenvalue weighted by atomic mass is 9.69. The molecule has 1 rings (SSSR count). The second-order valence-corrected chi connectivity index (χ2v) is 3.59. The summed E-state index contributed by atoms with van der Waals surface area (Å²) in [6.07, 6.45) is -0.566. The molecular formula is C8H15NO3. The standard InChI is InChI=1S/C8H15NO3/c1-5(6(2)10)8(7(11)12)3-9-4-8/h5-6,9-10H,3-4H2,1-2H3,(H,11,12). The van der Waals surface area contributed by atoms with E-state index in [1.54, 1.807) is 13.8 Å². The molecule has 1 aliphatic rings. The third kappa shape index (κ3) is 1.21. The van der Waals surface area contributed by atoms with Crippen LogP contribution in [-0.4, -0.2) is 35.4 Å². The molecule has 1 saturated heterocycles. The molecule has 2 atom stereocenters. The predicted molar refractivity (Wildman–Crippen MR) is 43.8 cm³/mol. The Balaban J connectivity index is 2.73. The minimum Gasteiger partial charge on any atom is -0.481 e. The second kappa shape index (κ2) is 3.03. The maximum atomic E-state index is 10.9. The van der Waals surface area contributed by atoms with E-state index in [9.17, 15) is 9.90 Å². The molecule has 0 aromatic rings. The number of aliphatic hydroxyl groups is 1.